The van der Waals surface area contributed by atoms with Crippen LogP contribution in [0.2, 0.25) is 5.02 Å². The zero-order valence-electron chi connectivity index (χ0n) is 9.40. The normalized spacial score (nSPS) is 22.5. The fraction of sp³-hybridized carbons (Fsp3) is 0.167. The zero-order valence-corrected chi connectivity index (χ0v) is 10.2. The van der Waals surface area contributed by atoms with Gasteiger partial charge in [-0.2, -0.15) is 0 Å². The summed E-state index contributed by atoms with van der Waals surface area (Å²) >= 11 is 5.88. The van der Waals surface area contributed by atoms with Gasteiger partial charge in [-0.05, 0) is 12.1 Å². The molecule has 94 valence electrons. The predicted octanol–water partition coefficient (Wildman–Crippen LogP) is 1.53. The number of imide groups is 1. The second kappa shape index (κ2) is 4.80. The van der Waals surface area contributed by atoms with Gasteiger partial charge in [0.2, 0.25) is 0 Å². The number of halogens is 1. The minimum absolute atomic E-state index is 0.111. The second-order valence-electron chi connectivity index (χ2n) is 3.70. The average molecular weight is 267 g/mol. The van der Waals surface area contributed by atoms with Gasteiger partial charge in [-0.1, -0.05) is 29.8 Å². The van der Waals surface area contributed by atoms with E-state index in [1.165, 1.54) is 6.08 Å². The van der Waals surface area contributed by atoms with E-state index in [1.807, 2.05) is 0 Å². The lowest BCUT2D eigenvalue weighted by Crippen LogP contribution is -2.46. The third-order valence-electron chi connectivity index (χ3n) is 2.49. The Morgan fingerprint density at radius 3 is 2.78 bits per heavy atom. The van der Waals surface area contributed by atoms with Gasteiger partial charge in [0.05, 0.1) is 6.61 Å². The molecular weight excluding hydrogens is 256 g/mol. The summed E-state index contributed by atoms with van der Waals surface area (Å²) in [5.41, 5.74) is -1.09. The van der Waals surface area contributed by atoms with Crippen LogP contribution in [0, 0.1) is 0 Å². The van der Waals surface area contributed by atoms with Crippen molar-refractivity contribution >= 4 is 23.5 Å². The van der Waals surface area contributed by atoms with Crippen molar-refractivity contribution in [2.24, 2.45) is 0 Å². The lowest BCUT2D eigenvalue weighted by atomic mass is 10.0. The monoisotopic (exact) mass is 266 g/mol. The molecule has 0 bridgehead atoms. The van der Waals surface area contributed by atoms with Crippen LogP contribution < -0.4 is 10.6 Å². The molecule has 0 aliphatic carbocycles. The summed E-state index contributed by atoms with van der Waals surface area (Å²) in [6.45, 7) is 3.62. The van der Waals surface area contributed by atoms with Crippen LogP contribution in [0.15, 0.2) is 36.9 Å². The molecule has 2 N–H and O–H groups in total. The van der Waals surface area contributed by atoms with Gasteiger partial charge in [-0.25, -0.2) is 4.79 Å². The molecule has 5 nitrogen and oxygen atoms in total. The molecule has 1 atom stereocenters. The highest BCUT2D eigenvalue weighted by molar-refractivity contribution is 6.30. The van der Waals surface area contributed by atoms with E-state index in [-0.39, 0.29) is 6.61 Å². The number of nitrogens with one attached hydrogen (secondary N) is 2. The molecule has 1 heterocycles. The zero-order chi connectivity index (χ0) is 13.2. The first-order chi connectivity index (χ1) is 8.58. The molecule has 3 amide bonds. The molecule has 18 heavy (non-hydrogen) atoms. The molecule has 1 aliphatic heterocycles. The van der Waals surface area contributed by atoms with Gasteiger partial charge in [0.25, 0.3) is 11.6 Å². The maximum atomic E-state index is 11.9. The molecule has 6 heteroatoms. The Morgan fingerprint density at radius 2 is 2.22 bits per heavy atom. The van der Waals surface area contributed by atoms with Crippen molar-refractivity contribution in [3.8, 4) is 0 Å². The van der Waals surface area contributed by atoms with Crippen molar-refractivity contribution in [3.05, 3.63) is 47.5 Å². The number of rotatable bonds is 4. The summed E-state index contributed by atoms with van der Waals surface area (Å²) in [4.78, 5) is 23.2. The number of benzene rings is 1. The molecule has 0 saturated carbocycles. The lowest BCUT2D eigenvalue weighted by molar-refractivity contribution is -0.144. The highest BCUT2D eigenvalue weighted by Crippen LogP contribution is 2.28. The Balaban J connectivity index is 2.45. The summed E-state index contributed by atoms with van der Waals surface area (Å²) in [6, 6.07) is 5.95. The predicted molar refractivity (Wildman–Crippen MR) is 66.0 cm³/mol. The smallest absolute Gasteiger partial charge is 0.324 e. The summed E-state index contributed by atoms with van der Waals surface area (Å²) in [6.07, 6.45) is 1.49. The van der Waals surface area contributed by atoms with Crippen LogP contribution >= 0.6 is 11.6 Å². The minimum atomic E-state index is -1.55. The molecular formula is C12H11ClN2O3. The Bertz CT molecular complexity index is 518. The Kier molecular flexibility index (Phi) is 3.36. The van der Waals surface area contributed by atoms with Crippen LogP contribution in [0.5, 0.6) is 0 Å². The van der Waals surface area contributed by atoms with Crippen LogP contribution in [-0.4, -0.2) is 18.5 Å². The van der Waals surface area contributed by atoms with Gasteiger partial charge in [0.1, 0.15) is 0 Å². The van der Waals surface area contributed by atoms with E-state index in [9.17, 15) is 9.59 Å². The third kappa shape index (κ3) is 2.10. The van der Waals surface area contributed by atoms with E-state index in [2.05, 4.69) is 17.2 Å². The lowest BCUT2D eigenvalue weighted by Gasteiger charge is -2.26. The van der Waals surface area contributed by atoms with Crippen LogP contribution in [0.3, 0.4) is 0 Å². The van der Waals surface area contributed by atoms with Gasteiger partial charge in [-0.15, -0.1) is 6.58 Å². The van der Waals surface area contributed by atoms with Crippen molar-refractivity contribution < 1.29 is 14.3 Å². The van der Waals surface area contributed by atoms with Crippen LogP contribution in [0.1, 0.15) is 5.56 Å². The molecule has 0 spiro atoms. The molecule has 0 radical (unpaired) electrons. The Hall–Kier alpha value is -1.85. The van der Waals surface area contributed by atoms with Crippen LogP contribution in [-0.2, 0) is 15.3 Å². The summed E-state index contributed by atoms with van der Waals surface area (Å²) < 4.78 is 5.44. The van der Waals surface area contributed by atoms with E-state index in [1.54, 1.807) is 24.3 Å². The van der Waals surface area contributed by atoms with E-state index in [0.717, 1.165) is 0 Å². The van der Waals surface area contributed by atoms with Crippen LogP contribution in [0.4, 0.5) is 4.79 Å². The van der Waals surface area contributed by atoms with E-state index < -0.39 is 17.7 Å². The number of carbonyl (C=O) groups excluding carboxylic acids is 2. The number of hydrogen-bond acceptors (Lipinski definition) is 3. The number of ether oxygens (including phenoxy) is 1. The van der Waals surface area contributed by atoms with Crippen molar-refractivity contribution in [2.75, 3.05) is 6.61 Å². The molecule has 1 saturated heterocycles. The second-order valence-corrected chi connectivity index (χ2v) is 4.14. The van der Waals surface area contributed by atoms with Crippen molar-refractivity contribution in [1.29, 1.82) is 0 Å². The minimum Gasteiger partial charge on any atom is -0.339 e. The fourth-order valence-electron chi connectivity index (χ4n) is 1.72. The average Bonchev–Trinajstić information content (AvgIpc) is 2.62. The quantitative estimate of drug-likeness (QED) is 0.642. The first kappa shape index (κ1) is 12.6. The molecule has 1 aliphatic rings. The highest BCUT2D eigenvalue weighted by atomic mass is 35.5. The van der Waals surface area contributed by atoms with Crippen molar-refractivity contribution in [3.63, 3.8) is 0 Å². The SMILES string of the molecule is C=CCOC1(c2cccc(Cl)c2)NC(=O)NC1=O. The number of amides is 3. The van der Waals surface area contributed by atoms with Gasteiger partial charge >= 0.3 is 6.03 Å². The Morgan fingerprint density at radius 1 is 1.44 bits per heavy atom. The fourth-order valence-corrected chi connectivity index (χ4v) is 1.91. The maximum absolute atomic E-state index is 11.9. The summed E-state index contributed by atoms with van der Waals surface area (Å²) in [7, 11) is 0. The molecule has 0 aromatic heterocycles. The molecule has 1 aromatic carbocycles. The largest absolute Gasteiger partial charge is 0.339 e. The summed E-state index contributed by atoms with van der Waals surface area (Å²) in [5.74, 6) is -0.573. The van der Waals surface area contributed by atoms with Gasteiger partial charge in [0, 0.05) is 10.6 Å². The third-order valence-corrected chi connectivity index (χ3v) is 2.72. The van der Waals surface area contributed by atoms with E-state index in [4.69, 9.17) is 16.3 Å². The summed E-state index contributed by atoms with van der Waals surface area (Å²) in [5, 5.41) is 5.06. The number of urea groups is 1. The van der Waals surface area contributed by atoms with Gasteiger partial charge < -0.3 is 4.74 Å². The van der Waals surface area contributed by atoms with E-state index >= 15 is 0 Å². The van der Waals surface area contributed by atoms with Crippen molar-refractivity contribution in [2.45, 2.75) is 5.72 Å². The van der Waals surface area contributed by atoms with Gasteiger partial charge in [0.15, 0.2) is 0 Å². The van der Waals surface area contributed by atoms with Gasteiger partial charge in [-0.3, -0.25) is 15.4 Å². The first-order valence-corrected chi connectivity index (χ1v) is 5.61. The number of hydrogen-bond donors (Lipinski definition) is 2. The van der Waals surface area contributed by atoms with Crippen molar-refractivity contribution in [1.82, 2.24) is 10.6 Å². The topological polar surface area (TPSA) is 67.4 Å². The van der Waals surface area contributed by atoms with E-state index in [0.29, 0.717) is 10.6 Å². The number of carbonyl (C=O) groups is 2. The molecule has 2 rings (SSSR count). The maximum Gasteiger partial charge on any atom is 0.324 e. The first-order valence-electron chi connectivity index (χ1n) is 5.23. The standard InChI is InChI=1S/C12H11ClN2O3/c1-2-6-18-12(10(16)14-11(17)15-12)8-4-3-5-9(13)7-8/h2-5,7H,1,6H2,(H2,14,15,16,17). The highest BCUT2D eigenvalue weighted by Gasteiger charge is 2.49. The molecule has 1 aromatic rings. The Labute approximate surface area is 109 Å². The van der Waals surface area contributed by atoms with Crippen LogP contribution in [0.25, 0.3) is 0 Å². The molecule has 1 fully saturated rings. The molecule has 1 unspecified atom stereocenters.